The Hall–Kier alpha value is -1.95. The van der Waals surface area contributed by atoms with E-state index < -0.39 is 5.82 Å². The average molecular weight is 339 g/mol. The summed E-state index contributed by atoms with van der Waals surface area (Å²) in [7, 11) is 0. The zero-order valence-electron chi connectivity index (χ0n) is 10.7. The number of hydrogen-bond acceptors (Lipinski definition) is 3. The molecule has 0 saturated heterocycles. The number of ether oxygens (including phenoxy) is 1. The van der Waals surface area contributed by atoms with Gasteiger partial charge in [-0.15, -0.1) is 0 Å². The van der Waals surface area contributed by atoms with E-state index in [9.17, 15) is 9.18 Å². The molecule has 104 valence electrons. The smallest absolute Gasteiger partial charge is 0.270 e. The van der Waals surface area contributed by atoms with Crippen LogP contribution in [0.2, 0.25) is 0 Å². The molecule has 0 aliphatic carbocycles. The van der Waals surface area contributed by atoms with Gasteiger partial charge in [-0.25, -0.2) is 4.39 Å². The molecule has 1 heterocycles. The van der Waals surface area contributed by atoms with Crippen LogP contribution in [0.5, 0.6) is 11.5 Å². The van der Waals surface area contributed by atoms with Crippen LogP contribution < -0.4 is 10.1 Å². The van der Waals surface area contributed by atoms with Crippen molar-refractivity contribution in [1.82, 2.24) is 10.3 Å². The molecule has 1 aromatic carbocycles. The van der Waals surface area contributed by atoms with Gasteiger partial charge in [0, 0.05) is 24.9 Å². The molecular weight excluding hydrogens is 327 g/mol. The van der Waals surface area contributed by atoms with Crippen LogP contribution in [0.15, 0.2) is 41.0 Å². The highest BCUT2D eigenvalue weighted by Gasteiger charge is 2.08. The van der Waals surface area contributed by atoms with Crippen molar-refractivity contribution in [3.63, 3.8) is 0 Å². The van der Waals surface area contributed by atoms with Gasteiger partial charge < -0.3 is 10.1 Å². The normalized spacial score (nSPS) is 10.2. The maximum atomic E-state index is 13.4. The van der Waals surface area contributed by atoms with Gasteiger partial charge >= 0.3 is 0 Å². The van der Waals surface area contributed by atoms with Crippen LogP contribution in [-0.4, -0.2) is 17.4 Å². The molecule has 0 bridgehead atoms. The van der Waals surface area contributed by atoms with Crippen LogP contribution >= 0.6 is 15.9 Å². The Morgan fingerprint density at radius 1 is 1.35 bits per heavy atom. The van der Waals surface area contributed by atoms with Gasteiger partial charge in [0.2, 0.25) is 0 Å². The number of amides is 1. The van der Waals surface area contributed by atoms with Crippen molar-refractivity contribution in [2.45, 2.75) is 6.92 Å². The monoisotopic (exact) mass is 338 g/mol. The highest BCUT2D eigenvalue weighted by molar-refractivity contribution is 9.10. The summed E-state index contributed by atoms with van der Waals surface area (Å²) < 4.78 is 19.3. The van der Waals surface area contributed by atoms with E-state index in [0.717, 1.165) is 0 Å². The maximum Gasteiger partial charge on any atom is 0.270 e. The van der Waals surface area contributed by atoms with Gasteiger partial charge in [0.05, 0.1) is 4.47 Å². The fourth-order valence-electron chi connectivity index (χ4n) is 1.53. The van der Waals surface area contributed by atoms with Gasteiger partial charge in [-0.05, 0) is 41.1 Å². The lowest BCUT2D eigenvalue weighted by Crippen LogP contribution is -2.23. The molecule has 1 amide bonds. The second-order valence-corrected chi connectivity index (χ2v) is 4.77. The Bertz CT molecular complexity index is 634. The van der Waals surface area contributed by atoms with Crippen molar-refractivity contribution in [2.75, 3.05) is 6.54 Å². The number of carbonyl (C=O) groups is 1. The van der Waals surface area contributed by atoms with Gasteiger partial charge in [0.15, 0.2) is 0 Å². The summed E-state index contributed by atoms with van der Waals surface area (Å²) >= 11 is 3.07. The third-order valence-electron chi connectivity index (χ3n) is 2.43. The molecule has 4 nitrogen and oxygen atoms in total. The Morgan fingerprint density at radius 2 is 2.10 bits per heavy atom. The van der Waals surface area contributed by atoms with Crippen molar-refractivity contribution < 1.29 is 13.9 Å². The van der Waals surface area contributed by atoms with Gasteiger partial charge in [0.1, 0.15) is 23.0 Å². The molecule has 0 saturated carbocycles. The summed E-state index contributed by atoms with van der Waals surface area (Å²) in [5, 5.41) is 2.65. The quantitative estimate of drug-likeness (QED) is 0.927. The van der Waals surface area contributed by atoms with Gasteiger partial charge in [-0.3, -0.25) is 9.78 Å². The number of nitrogens with one attached hydrogen (secondary N) is 1. The first-order chi connectivity index (χ1) is 9.60. The van der Waals surface area contributed by atoms with Crippen molar-refractivity contribution in [2.24, 2.45) is 0 Å². The van der Waals surface area contributed by atoms with E-state index in [2.05, 4.69) is 26.2 Å². The molecule has 2 rings (SSSR count). The zero-order valence-corrected chi connectivity index (χ0v) is 12.3. The molecule has 0 aliphatic heterocycles. The van der Waals surface area contributed by atoms with Crippen LogP contribution in [0.3, 0.4) is 0 Å². The first-order valence-electron chi connectivity index (χ1n) is 5.97. The predicted octanol–water partition coefficient (Wildman–Crippen LogP) is 3.53. The summed E-state index contributed by atoms with van der Waals surface area (Å²) in [5.74, 6) is 0.0715. The zero-order chi connectivity index (χ0) is 14.5. The number of halogens is 2. The summed E-state index contributed by atoms with van der Waals surface area (Å²) in [4.78, 5) is 15.6. The molecule has 6 heteroatoms. The van der Waals surface area contributed by atoms with Gasteiger partial charge in [-0.2, -0.15) is 0 Å². The minimum atomic E-state index is -0.416. The summed E-state index contributed by atoms with van der Waals surface area (Å²) in [5.41, 5.74) is 0.252. The van der Waals surface area contributed by atoms with Crippen molar-refractivity contribution in [1.29, 1.82) is 0 Å². The molecule has 0 unspecified atom stereocenters. The number of pyridine rings is 1. The van der Waals surface area contributed by atoms with Crippen LogP contribution in [0.4, 0.5) is 4.39 Å². The third-order valence-corrected chi connectivity index (χ3v) is 3.07. The largest absolute Gasteiger partial charge is 0.457 e. The van der Waals surface area contributed by atoms with E-state index in [1.54, 1.807) is 18.2 Å². The molecule has 2 aromatic rings. The first kappa shape index (κ1) is 14.5. The molecule has 1 N–H and O–H groups in total. The Morgan fingerprint density at radius 3 is 2.80 bits per heavy atom. The number of aromatic nitrogens is 1. The van der Waals surface area contributed by atoms with Gasteiger partial charge in [0.25, 0.3) is 5.91 Å². The standard InChI is InChI=1S/C14H12BrFN2O2/c1-2-17-14(19)13-8-10(5-6-18-13)20-9-3-4-11(15)12(16)7-9/h3-8H,2H2,1H3,(H,17,19). The van der Waals surface area contributed by atoms with Gasteiger partial charge in [-0.1, -0.05) is 0 Å². The predicted molar refractivity (Wildman–Crippen MR) is 76.4 cm³/mol. The Labute approximate surface area is 124 Å². The number of rotatable bonds is 4. The van der Waals surface area contributed by atoms with Crippen molar-refractivity contribution in [3.8, 4) is 11.5 Å². The lowest BCUT2D eigenvalue weighted by atomic mass is 10.3. The number of benzene rings is 1. The molecule has 0 spiro atoms. The van der Waals surface area contributed by atoms with Crippen molar-refractivity contribution in [3.05, 3.63) is 52.5 Å². The second-order valence-electron chi connectivity index (χ2n) is 3.91. The van der Waals surface area contributed by atoms with E-state index >= 15 is 0 Å². The SMILES string of the molecule is CCNC(=O)c1cc(Oc2ccc(Br)c(F)c2)ccn1. The fraction of sp³-hybridized carbons (Fsp3) is 0.143. The van der Waals surface area contributed by atoms with Crippen molar-refractivity contribution >= 4 is 21.8 Å². The highest BCUT2D eigenvalue weighted by atomic mass is 79.9. The van der Waals surface area contributed by atoms with E-state index in [1.807, 2.05) is 6.92 Å². The topological polar surface area (TPSA) is 51.2 Å². The molecule has 0 aliphatic rings. The number of hydrogen-bond donors (Lipinski definition) is 1. The minimum absolute atomic E-state index is 0.252. The molecule has 0 atom stereocenters. The molecular formula is C14H12BrFN2O2. The molecule has 0 fully saturated rings. The third kappa shape index (κ3) is 3.54. The molecule has 0 radical (unpaired) electrons. The minimum Gasteiger partial charge on any atom is -0.457 e. The number of nitrogens with zero attached hydrogens (tertiary/aromatic N) is 1. The molecule has 1 aromatic heterocycles. The highest BCUT2D eigenvalue weighted by Crippen LogP contribution is 2.25. The van der Waals surface area contributed by atoms with Crippen LogP contribution in [0, 0.1) is 5.82 Å². The summed E-state index contributed by atoms with van der Waals surface area (Å²) in [6.07, 6.45) is 1.47. The van der Waals surface area contributed by atoms with E-state index in [-0.39, 0.29) is 11.6 Å². The van der Waals surface area contributed by atoms with Crippen LogP contribution in [0.1, 0.15) is 17.4 Å². The first-order valence-corrected chi connectivity index (χ1v) is 6.76. The second kappa shape index (κ2) is 6.47. The number of carbonyl (C=O) groups excluding carboxylic acids is 1. The molecule has 20 heavy (non-hydrogen) atoms. The van der Waals surface area contributed by atoms with Crippen LogP contribution in [-0.2, 0) is 0 Å². The maximum absolute atomic E-state index is 13.4. The fourth-order valence-corrected chi connectivity index (χ4v) is 1.77. The average Bonchev–Trinajstić information content (AvgIpc) is 2.43. The lowest BCUT2D eigenvalue weighted by molar-refractivity contribution is 0.0950. The van der Waals surface area contributed by atoms with Crippen LogP contribution in [0.25, 0.3) is 0 Å². The van der Waals surface area contributed by atoms with E-state index in [4.69, 9.17) is 4.74 Å². The van der Waals surface area contributed by atoms with E-state index in [0.29, 0.717) is 22.5 Å². The summed E-state index contributed by atoms with van der Waals surface area (Å²) in [6, 6.07) is 7.54. The Balaban J connectivity index is 2.19. The van der Waals surface area contributed by atoms with E-state index in [1.165, 1.54) is 18.3 Å². The Kier molecular flexibility index (Phi) is 4.68. The lowest BCUT2D eigenvalue weighted by Gasteiger charge is -2.07. The summed E-state index contributed by atoms with van der Waals surface area (Å²) in [6.45, 7) is 2.34.